The number of carboxylic acid groups (broad SMARTS) is 1. The van der Waals surface area contributed by atoms with Crippen LogP contribution in [0.25, 0.3) is 11.1 Å². The number of H-pyrrole nitrogens is 1. The zero-order valence-electron chi connectivity index (χ0n) is 24.4. The number of carbonyl (C=O) groups excluding carboxylic acids is 2. The number of carbonyl (C=O) groups is 3. The van der Waals surface area contributed by atoms with Crippen LogP contribution < -0.4 is 15.4 Å². The summed E-state index contributed by atoms with van der Waals surface area (Å²) in [5.41, 5.74) is -0.177. The van der Waals surface area contributed by atoms with Gasteiger partial charge in [0.1, 0.15) is 16.8 Å². The molecule has 2 aliphatic heterocycles. The van der Waals surface area contributed by atoms with Gasteiger partial charge in [0.2, 0.25) is 0 Å². The molecule has 6 rings (SSSR count). The average Bonchev–Trinajstić information content (AvgIpc) is 3.25. The fraction of sp³-hybridized carbons (Fsp3) is 0.273. The van der Waals surface area contributed by atoms with Crippen LogP contribution in [0.5, 0.6) is 0 Å². The van der Waals surface area contributed by atoms with Crippen molar-refractivity contribution < 1.29 is 19.5 Å². The standard InChI is InChI=1S/C33H32N6O5/c1-3-32(30(42)43)20-37(19-26-22(2)8-7-16-34-26)17-15-33(32)29(41)38(31(44)39(33)27-18-28(40)36-21-35-27)25-13-11-24(12-14-25)23-9-5-4-6-10-23/h4-14,16,18,21H,3,15,17,19-20H2,1-2H3,(H,42,43)(H,35,36,40). The molecule has 11 heteroatoms. The van der Waals surface area contributed by atoms with Crippen LogP contribution >= 0.6 is 0 Å². The molecule has 2 fully saturated rings. The fourth-order valence-corrected chi connectivity index (χ4v) is 6.68. The van der Waals surface area contributed by atoms with E-state index in [-0.39, 0.29) is 25.2 Å². The molecular formula is C33H32N6O5. The highest BCUT2D eigenvalue weighted by molar-refractivity contribution is 6.31. The number of likely N-dealkylation sites (tertiary alicyclic amines) is 1. The molecule has 2 aromatic carbocycles. The summed E-state index contributed by atoms with van der Waals surface area (Å²) in [5.74, 6) is -1.95. The van der Waals surface area contributed by atoms with Gasteiger partial charge in [0.15, 0.2) is 0 Å². The number of rotatable bonds is 7. The van der Waals surface area contributed by atoms with Gasteiger partial charge in [0.05, 0.1) is 17.7 Å². The molecule has 0 bridgehead atoms. The number of hydrogen-bond donors (Lipinski definition) is 2. The first-order valence-corrected chi connectivity index (χ1v) is 14.5. The molecule has 0 radical (unpaired) electrons. The van der Waals surface area contributed by atoms with Gasteiger partial charge in [0.25, 0.3) is 11.5 Å². The number of aromatic amines is 1. The zero-order valence-corrected chi connectivity index (χ0v) is 24.4. The molecule has 0 aliphatic carbocycles. The molecule has 4 heterocycles. The summed E-state index contributed by atoms with van der Waals surface area (Å²) in [4.78, 5) is 70.3. The first-order chi connectivity index (χ1) is 21.2. The van der Waals surface area contributed by atoms with Crippen LogP contribution in [-0.4, -0.2) is 61.5 Å². The first-order valence-electron chi connectivity index (χ1n) is 14.5. The minimum Gasteiger partial charge on any atom is -0.481 e. The lowest BCUT2D eigenvalue weighted by Gasteiger charge is -2.53. The topological polar surface area (TPSA) is 140 Å². The van der Waals surface area contributed by atoms with Gasteiger partial charge in [-0.3, -0.25) is 29.2 Å². The van der Waals surface area contributed by atoms with Gasteiger partial charge in [-0.2, -0.15) is 0 Å². The number of nitrogens with one attached hydrogen (secondary N) is 1. The summed E-state index contributed by atoms with van der Waals surface area (Å²) in [5, 5.41) is 11.0. The maximum absolute atomic E-state index is 14.8. The van der Waals surface area contributed by atoms with E-state index in [1.54, 1.807) is 25.3 Å². The van der Waals surface area contributed by atoms with Crippen molar-refractivity contribution in [2.75, 3.05) is 22.9 Å². The fourth-order valence-electron chi connectivity index (χ4n) is 6.68. The lowest BCUT2D eigenvalue weighted by Crippen LogP contribution is -2.71. The number of hydrogen-bond acceptors (Lipinski definition) is 7. The Hall–Kier alpha value is -5.16. The lowest BCUT2D eigenvalue weighted by molar-refractivity contribution is -0.163. The van der Waals surface area contributed by atoms with Crippen molar-refractivity contribution >= 4 is 29.4 Å². The van der Waals surface area contributed by atoms with Gasteiger partial charge < -0.3 is 10.1 Å². The number of aromatic nitrogens is 3. The average molecular weight is 593 g/mol. The molecule has 1 spiro atoms. The quantitative estimate of drug-likeness (QED) is 0.304. The third-order valence-electron chi connectivity index (χ3n) is 9.03. The number of piperidine rings is 1. The van der Waals surface area contributed by atoms with E-state index in [1.807, 2.05) is 66.4 Å². The molecule has 2 aliphatic rings. The number of nitrogens with zero attached hydrogens (tertiary/aromatic N) is 5. The Balaban J connectivity index is 1.47. The number of urea groups is 1. The Morgan fingerprint density at radius 1 is 0.977 bits per heavy atom. The molecule has 224 valence electrons. The van der Waals surface area contributed by atoms with E-state index in [1.165, 1.54) is 0 Å². The normalized spacial score (nSPS) is 22.1. The number of amides is 3. The van der Waals surface area contributed by atoms with Crippen LogP contribution in [0.3, 0.4) is 0 Å². The highest BCUT2D eigenvalue weighted by atomic mass is 16.4. The van der Waals surface area contributed by atoms with E-state index in [0.29, 0.717) is 18.8 Å². The summed E-state index contributed by atoms with van der Waals surface area (Å²) in [7, 11) is 0. The molecule has 0 saturated carbocycles. The molecular weight excluding hydrogens is 560 g/mol. The van der Waals surface area contributed by atoms with E-state index in [9.17, 15) is 24.3 Å². The molecule has 2 N–H and O–H groups in total. The van der Waals surface area contributed by atoms with Crippen molar-refractivity contribution in [1.82, 2.24) is 19.9 Å². The van der Waals surface area contributed by atoms with Crippen LogP contribution in [0.15, 0.2) is 90.1 Å². The second-order valence-corrected chi connectivity index (χ2v) is 11.3. The smallest absolute Gasteiger partial charge is 0.338 e. The highest BCUT2D eigenvalue weighted by Crippen LogP contribution is 2.52. The predicted octanol–water partition coefficient (Wildman–Crippen LogP) is 4.24. The third-order valence-corrected chi connectivity index (χ3v) is 9.03. The van der Waals surface area contributed by atoms with Crippen molar-refractivity contribution in [3.63, 3.8) is 0 Å². The Bertz CT molecular complexity index is 1790. The summed E-state index contributed by atoms with van der Waals surface area (Å²) >= 11 is 0. The van der Waals surface area contributed by atoms with Crippen molar-refractivity contribution in [3.05, 3.63) is 107 Å². The molecule has 4 aromatic rings. The molecule has 3 amide bonds. The largest absolute Gasteiger partial charge is 0.481 e. The molecule has 11 nitrogen and oxygen atoms in total. The molecule has 2 saturated heterocycles. The SMILES string of the molecule is CCC1(C(=O)O)CN(Cc2ncccc2C)CCC12C(=O)N(c1ccc(-c3ccccc3)cc1)C(=O)N2c1cc(=O)[nH]cn1. The van der Waals surface area contributed by atoms with Gasteiger partial charge in [-0.25, -0.2) is 14.7 Å². The van der Waals surface area contributed by atoms with E-state index in [0.717, 1.165) is 44.6 Å². The van der Waals surface area contributed by atoms with Crippen LogP contribution in [0.2, 0.25) is 0 Å². The third kappa shape index (κ3) is 4.47. The molecule has 44 heavy (non-hydrogen) atoms. The van der Waals surface area contributed by atoms with Crippen LogP contribution in [0.4, 0.5) is 16.3 Å². The number of imide groups is 1. The number of aryl methyl sites for hydroxylation is 1. The second kappa shape index (κ2) is 11.2. The Kier molecular flexibility index (Phi) is 7.34. The maximum atomic E-state index is 14.8. The maximum Gasteiger partial charge on any atom is 0.338 e. The Labute approximate surface area is 253 Å². The van der Waals surface area contributed by atoms with E-state index < -0.39 is 34.4 Å². The number of aliphatic carboxylic acids is 1. The second-order valence-electron chi connectivity index (χ2n) is 11.3. The van der Waals surface area contributed by atoms with Crippen molar-refractivity contribution in [2.45, 2.75) is 38.8 Å². The number of anilines is 2. The summed E-state index contributed by atoms with van der Waals surface area (Å²) < 4.78 is 0. The first kappa shape index (κ1) is 28.9. The minimum atomic E-state index is -1.85. The van der Waals surface area contributed by atoms with Crippen molar-refractivity contribution in [3.8, 4) is 11.1 Å². The molecule has 2 aromatic heterocycles. The number of pyridine rings is 1. The number of carboxylic acids is 1. The highest BCUT2D eigenvalue weighted by Gasteiger charge is 2.72. The summed E-state index contributed by atoms with van der Waals surface area (Å²) in [6.07, 6.45) is 2.89. The van der Waals surface area contributed by atoms with Crippen LogP contribution in [-0.2, 0) is 16.1 Å². The summed E-state index contributed by atoms with van der Waals surface area (Å²) in [6, 6.07) is 20.8. The van der Waals surface area contributed by atoms with Crippen molar-refractivity contribution in [2.24, 2.45) is 5.41 Å². The Morgan fingerprint density at radius 2 is 1.70 bits per heavy atom. The molecule has 2 atom stereocenters. The lowest BCUT2D eigenvalue weighted by atomic mass is 9.62. The van der Waals surface area contributed by atoms with Gasteiger partial charge in [-0.1, -0.05) is 55.5 Å². The van der Waals surface area contributed by atoms with Crippen LogP contribution in [0, 0.1) is 12.3 Å². The zero-order chi connectivity index (χ0) is 31.1. The Morgan fingerprint density at radius 3 is 2.36 bits per heavy atom. The van der Waals surface area contributed by atoms with Gasteiger partial charge >= 0.3 is 12.0 Å². The van der Waals surface area contributed by atoms with E-state index in [2.05, 4.69) is 15.0 Å². The van der Waals surface area contributed by atoms with Crippen molar-refractivity contribution in [1.29, 1.82) is 0 Å². The van der Waals surface area contributed by atoms with Gasteiger partial charge in [-0.15, -0.1) is 0 Å². The monoisotopic (exact) mass is 592 g/mol. The van der Waals surface area contributed by atoms with Gasteiger partial charge in [0, 0.05) is 31.9 Å². The minimum absolute atomic E-state index is 0.0106. The van der Waals surface area contributed by atoms with Gasteiger partial charge in [-0.05, 0) is 54.7 Å². The predicted molar refractivity (Wildman–Crippen MR) is 164 cm³/mol. The molecule has 2 unspecified atom stereocenters. The summed E-state index contributed by atoms with van der Waals surface area (Å²) in [6.45, 7) is 4.33. The number of benzene rings is 2. The van der Waals surface area contributed by atoms with E-state index in [4.69, 9.17) is 0 Å². The van der Waals surface area contributed by atoms with Crippen LogP contribution in [0.1, 0.15) is 31.0 Å². The van der Waals surface area contributed by atoms with E-state index >= 15 is 0 Å².